The van der Waals surface area contributed by atoms with E-state index in [1.54, 1.807) is 0 Å². The number of hydrogen-bond donors (Lipinski definition) is 2. The molecule has 0 heterocycles. The molecule has 0 aromatic heterocycles. The largest absolute Gasteiger partial charge is 0.481 e. The van der Waals surface area contributed by atoms with E-state index in [1.807, 2.05) is 0 Å². The molecule has 0 aromatic carbocycles. The third kappa shape index (κ3) is 2.61. The Balaban J connectivity index is 1.47. The zero-order chi connectivity index (χ0) is 20.6. The van der Waals surface area contributed by atoms with Crippen LogP contribution in [0.3, 0.4) is 0 Å². The third-order valence-electron chi connectivity index (χ3n) is 11.7. The smallest absolute Gasteiger partial charge is 0.309 e. The van der Waals surface area contributed by atoms with Crippen LogP contribution in [0.25, 0.3) is 0 Å². The first kappa shape index (κ1) is 20.3. The van der Waals surface area contributed by atoms with Crippen LogP contribution in [0.2, 0.25) is 0 Å². The van der Waals surface area contributed by atoms with Crippen LogP contribution in [0.15, 0.2) is 0 Å². The van der Waals surface area contributed by atoms with Crippen LogP contribution in [0, 0.1) is 51.8 Å². The molecule has 0 bridgehead atoms. The van der Waals surface area contributed by atoms with Gasteiger partial charge in [-0.15, -0.1) is 0 Å². The van der Waals surface area contributed by atoms with Crippen molar-refractivity contribution in [2.45, 2.75) is 104 Å². The van der Waals surface area contributed by atoms with E-state index in [0.29, 0.717) is 34.5 Å². The highest BCUT2D eigenvalue weighted by molar-refractivity contribution is 5.75. The van der Waals surface area contributed by atoms with E-state index in [0.717, 1.165) is 50.4 Å². The average Bonchev–Trinajstić information content (AvgIpc) is 2.70. The SMILES string of the molecule is CC1C(O)CCC2(C)C1CCC1(C)C3CCC4(C(=O)O)CCCCC4C3CCC21. The van der Waals surface area contributed by atoms with Gasteiger partial charge in [0.1, 0.15) is 0 Å². The highest BCUT2D eigenvalue weighted by atomic mass is 16.4. The maximum atomic E-state index is 12.4. The Morgan fingerprint density at radius 2 is 1.48 bits per heavy atom. The molecule has 5 fully saturated rings. The average molecular weight is 403 g/mol. The van der Waals surface area contributed by atoms with E-state index < -0.39 is 11.4 Å². The number of aliphatic hydroxyl groups is 1. The Kier molecular flexibility index (Phi) is 4.71. The summed E-state index contributed by atoms with van der Waals surface area (Å²) in [6, 6.07) is 0. The monoisotopic (exact) mass is 402 g/mol. The minimum atomic E-state index is -0.487. The molecule has 0 spiro atoms. The van der Waals surface area contributed by atoms with E-state index >= 15 is 0 Å². The first-order chi connectivity index (χ1) is 13.7. The second-order valence-electron chi connectivity index (χ2n) is 12.4. The lowest BCUT2D eigenvalue weighted by Crippen LogP contribution is -2.62. The van der Waals surface area contributed by atoms with Crippen LogP contribution in [0.4, 0.5) is 0 Å². The maximum absolute atomic E-state index is 12.4. The van der Waals surface area contributed by atoms with Crippen molar-refractivity contribution in [1.82, 2.24) is 0 Å². The molecule has 0 aromatic rings. The van der Waals surface area contributed by atoms with Gasteiger partial charge >= 0.3 is 5.97 Å². The third-order valence-corrected chi connectivity index (χ3v) is 11.7. The molecule has 164 valence electrons. The van der Waals surface area contributed by atoms with Gasteiger partial charge in [-0.05, 0) is 111 Å². The van der Waals surface area contributed by atoms with Gasteiger partial charge in [0.15, 0.2) is 0 Å². The number of carbonyl (C=O) groups is 1. The molecule has 0 aliphatic heterocycles. The van der Waals surface area contributed by atoms with Crippen LogP contribution < -0.4 is 0 Å². The fraction of sp³-hybridized carbons (Fsp3) is 0.962. The number of hydrogen-bond acceptors (Lipinski definition) is 2. The molecule has 5 saturated carbocycles. The van der Waals surface area contributed by atoms with Gasteiger partial charge in [-0.25, -0.2) is 0 Å². The molecule has 5 aliphatic rings. The van der Waals surface area contributed by atoms with Crippen molar-refractivity contribution in [3.05, 3.63) is 0 Å². The predicted molar refractivity (Wildman–Crippen MR) is 114 cm³/mol. The summed E-state index contributed by atoms with van der Waals surface area (Å²) in [7, 11) is 0. The second-order valence-corrected chi connectivity index (χ2v) is 12.4. The minimum absolute atomic E-state index is 0.109. The van der Waals surface area contributed by atoms with Gasteiger partial charge in [0.25, 0.3) is 0 Å². The lowest BCUT2D eigenvalue weighted by atomic mass is 9.37. The molecule has 2 N–H and O–H groups in total. The lowest BCUT2D eigenvalue weighted by molar-refractivity contribution is -0.206. The Labute approximate surface area is 177 Å². The molecule has 0 radical (unpaired) electrons. The van der Waals surface area contributed by atoms with Crippen molar-refractivity contribution in [3.8, 4) is 0 Å². The Morgan fingerprint density at radius 3 is 2.24 bits per heavy atom. The molecule has 5 aliphatic carbocycles. The van der Waals surface area contributed by atoms with Gasteiger partial charge in [0.2, 0.25) is 0 Å². The Morgan fingerprint density at radius 1 is 0.793 bits per heavy atom. The van der Waals surface area contributed by atoms with E-state index in [4.69, 9.17) is 0 Å². The molecule has 29 heavy (non-hydrogen) atoms. The van der Waals surface area contributed by atoms with Crippen molar-refractivity contribution in [1.29, 1.82) is 0 Å². The quantitative estimate of drug-likeness (QED) is 0.574. The molecular formula is C26H42O3. The molecule has 5 rings (SSSR count). The normalized spacial score (nSPS) is 57.0. The van der Waals surface area contributed by atoms with Gasteiger partial charge in [0.05, 0.1) is 11.5 Å². The van der Waals surface area contributed by atoms with Crippen LogP contribution in [-0.2, 0) is 4.79 Å². The van der Waals surface area contributed by atoms with Gasteiger partial charge < -0.3 is 10.2 Å². The van der Waals surface area contributed by atoms with E-state index in [2.05, 4.69) is 20.8 Å². The number of fused-ring (bicyclic) bond motifs is 7. The van der Waals surface area contributed by atoms with Crippen LogP contribution in [0.5, 0.6) is 0 Å². The number of carboxylic acids is 1. The minimum Gasteiger partial charge on any atom is -0.481 e. The molecule has 3 heteroatoms. The van der Waals surface area contributed by atoms with Crippen LogP contribution in [-0.4, -0.2) is 22.3 Å². The van der Waals surface area contributed by atoms with Crippen molar-refractivity contribution in [2.24, 2.45) is 51.8 Å². The Bertz CT molecular complexity index is 675. The summed E-state index contributed by atoms with van der Waals surface area (Å²) in [5.41, 5.74) is 0.329. The van der Waals surface area contributed by atoms with Crippen molar-refractivity contribution >= 4 is 5.97 Å². The maximum Gasteiger partial charge on any atom is 0.309 e. The summed E-state index contributed by atoms with van der Waals surface area (Å²) in [5.74, 6) is 3.13. The van der Waals surface area contributed by atoms with Crippen molar-refractivity contribution < 1.29 is 15.0 Å². The van der Waals surface area contributed by atoms with Gasteiger partial charge in [-0.2, -0.15) is 0 Å². The van der Waals surface area contributed by atoms with E-state index in [9.17, 15) is 15.0 Å². The van der Waals surface area contributed by atoms with Gasteiger partial charge in [-0.3, -0.25) is 4.79 Å². The fourth-order valence-corrected chi connectivity index (χ4v) is 10.4. The molecular weight excluding hydrogens is 360 g/mol. The van der Waals surface area contributed by atoms with Gasteiger partial charge in [-0.1, -0.05) is 33.6 Å². The standard InChI is InChI=1S/C26H42O3/c1-16-18-9-13-25(3)19-10-15-26(23(28)29)12-5-4-6-20(26)17(19)7-8-22(25)24(18,2)14-11-21(16)27/h16-22,27H,4-15H2,1-3H3,(H,28,29). The zero-order valence-electron chi connectivity index (χ0n) is 18.8. The summed E-state index contributed by atoms with van der Waals surface area (Å²) in [4.78, 5) is 12.4. The molecule has 10 atom stereocenters. The summed E-state index contributed by atoms with van der Waals surface area (Å²) >= 11 is 0. The first-order valence-corrected chi connectivity index (χ1v) is 12.7. The number of carboxylic acid groups (broad SMARTS) is 1. The van der Waals surface area contributed by atoms with E-state index in [-0.39, 0.29) is 6.10 Å². The Hall–Kier alpha value is -0.570. The molecule has 3 nitrogen and oxygen atoms in total. The summed E-state index contributed by atoms with van der Waals surface area (Å²) in [5, 5.41) is 20.8. The lowest BCUT2D eigenvalue weighted by Gasteiger charge is -2.68. The molecule has 10 unspecified atom stereocenters. The summed E-state index contributed by atoms with van der Waals surface area (Å²) < 4.78 is 0. The highest BCUT2D eigenvalue weighted by Crippen LogP contribution is 2.71. The molecule has 0 saturated heterocycles. The number of aliphatic hydroxyl groups excluding tert-OH is 1. The van der Waals surface area contributed by atoms with Crippen molar-refractivity contribution in [3.63, 3.8) is 0 Å². The molecule has 0 amide bonds. The zero-order valence-corrected chi connectivity index (χ0v) is 18.8. The number of aliphatic carboxylic acids is 1. The van der Waals surface area contributed by atoms with E-state index in [1.165, 1.54) is 38.5 Å². The van der Waals surface area contributed by atoms with Crippen LogP contribution in [0.1, 0.15) is 97.8 Å². The fourth-order valence-electron chi connectivity index (χ4n) is 10.4. The highest BCUT2D eigenvalue weighted by Gasteiger charge is 2.65. The second kappa shape index (κ2) is 6.71. The summed E-state index contributed by atoms with van der Waals surface area (Å²) in [6.07, 6.45) is 13.6. The van der Waals surface area contributed by atoms with Crippen molar-refractivity contribution in [2.75, 3.05) is 0 Å². The first-order valence-electron chi connectivity index (χ1n) is 12.7. The topological polar surface area (TPSA) is 57.5 Å². The van der Waals surface area contributed by atoms with Crippen LogP contribution >= 0.6 is 0 Å². The number of rotatable bonds is 1. The summed E-state index contributed by atoms with van der Waals surface area (Å²) in [6.45, 7) is 7.46. The predicted octanol–water partition coefficient (Wildman–Crippen LogP) is 5.90. The van der Waals surface area contributed by atoms with Gasteiger partial charge in [0, 0.05) is 0 Å².